The fourth-order valence-corrected chi connectivity index (χ4v) is 4.05. The maximum absolute atomic E-state index is 10.8. The number of hydrogen-bond donors (Lipinski definition) is 2. The molecule has 3 nitrogen and oxygen atoms in total. The first-order valence-corrected chi connectivity index (χ1v) is 10.6. The summed E-state index contributed by atoms with van der Waals surface area (Å²) in [5, 5.41) is 17.8. The van der Waals surface area contributed by atoms with Crippen molar-refractivity contribution >= 4 is 27.4 Å². The van der Waals surface area contributed by atoms with Crippen molar-refractivity contribution < 1.29 is 5.11 Å². The van der Waals surface area contributed by atoms with E-state index in [0.717, 1.165) is 33.4 Å². The molecular weight excluding hydrogens is 380 g/mol. The highest BCUT2D eigenvalue weighted by Crippen LogP contribution is 2.31. The molecule has 0 bridgehead atoms. The summed E-state index contributed by atoms with van der Waals surface area (Å²) in [5.74, 6) is 0. The number of aromatic nitrogens is 1. The van der Waals surface area contributed by atoms with Crippen LogP contribution in [0, 0.1) is 0 Å². The number of pyridine rings is 1. The zero-order valence-corrected chi connectivity index (χ0v) is 17.4. The Morgan fingerprint density at radius 2 is 1.45 bits per heavy atom. The molecule has 5 rings (SSSR count). The van der Waals surface area contributed by atoms with Gasteiger partial charge in [0.25, 0.3) is 0 Å². The Balaban J connectivity index is 1.55. The van der Waals surface area contributed by atoms with Gasteiger partial charge in [-0.25, -0.2) is 4.98 Å². The van der Waals surface area contributed by atoms with Gasteiger partial charge >= 0.3 is 0 Å². The number of nitrogens with zero attached hydrogens (tertiary/aromatic N) is 1. The van der Waals surface area contributed by atoms with Crippen LogP contribution < -0.4 is 5.32 Å². The maximum Gasteiger partial charge on any atom is 0.0988 e. The van der Waals surface area contributed by atoms with E-state index >= 15 is 0 Å². The number of hydrogen-bond acceptors (Lipinski definition) is 3. The average molecular weight is 405 g/mol. The van der Waals surface area contributed by atoms with Crippen LogP contribution in [0.15, 0.2) is 103 Å². The predicted molar refractivity (Wildman–Crippen MR) is 129 cm³/mol. The van der Waals surface area contributed by atoms with Crippen molar-refractivity contribution in [2.75, 3.05) is 5.32 Å². The molecule has 0 spiro atoms. The molecule has 4 aromatic carbocycles. The highest BCUT2D eigenvalue weighted by Gasteiger charge is 2.18. The SMILES string of the molecule is C[C@H](Nc1cc(-c2ccc3ccccc3c2)nc2ccccc12)[C@H](O)c1ccccc1. The Labute approximate surface area is 182 Å². The van der Waals surface area contributed by atoms with E-state index in [4.69, 9.17) is 4.98 Å². The number of aliphatic hydroxyl groups is 1. The van der Waals surface area contributed by atoms with E-state index in [-0.39, 0.29) is 6.04 Å². The van der Waals surface area contributed by atoms with Crippen LogP contribution in [-0.4, -0.2) is 16.1 Å². The first-order chi connectivity index (χ1) is 15.2. The lowest BCUT2D eigenvalue weighted by molar-refractivity contribution is 0.161. The standard InChI is InChI=1S/C28H24N2O/c1-19(28(31)21-10-3-2-4-11-21)29-27-18-26(30-25-14-8-7-13-24(25)27)23-16-15-20-9-5-6-12-22(20)17-23/h2-19,28,31H,1H3,(H,29,30)/t19-,28-/m0/s1. The minimum atomic E-state index is -0.614. The molecule has 0 saturated heterocycles. The van der Waals surface area contributed by atoms with E-state index in [0.29, 0.717) is 0 Å². The van der Waals surface area contributed by atoms with Crippen LogP contribution in [0.5, 0.6) is 0 Å². The smallest absolute Gasteiger partial charge is 0.0988 e. The van der Waals surface area contributed by atoms with Gasteiger partial charge in [-0.3, -0.25) is 0 Å². The summed E-state index contributed by atoms with van der Waals surface area (Å²) < 4.78 is 0. The number of rotatable bonds is 5. The second-order valence-electron chi connectivity index (χ2n) is 7.92. The van der Waals surface area contributed by atoms with Gasteiger partial charge in [0.15, 0.2) is 0 Å². The third-order valence-corrected chi connectivity index (χ3v) is 5.76. The van der Waals surface area contributed by atoms with Crippen LogP contribution in [0.1, 0.15) is 18.6 Å². The minimum Gasteiger partial charge on any atom is -0.386 e. The van der Waals surface area contributed by atoms with E-state index < -0.39 is 6.10 Å². The maximum atomic E-state index is 10.8. The molecule has 3 heteroatoms. The molecule has 0 aliphatic carbocycles. The molecule has 0 radical (unpaired) electrons. The van der Waals surface area contributed by atoms with Gasteiger partial charge in [-0.05, 0) is 41.5 Å². The Kier molecular flexibility index (Phi) is 5.11. The Morgan fingerprint density at radius 1 is 0.742 bits per heavy atom. The fourth-order valence-electron chi connectivity index (χ4n) is 4.05. The highest BCUT2D eigenvalue weighted by atomic mass is 16.3. The lowest BCUT2D eigenvalue weighted by Crippen LogP contribution is -2.24. The monoisotopic (exact) mass is 404 g/mol. The van der Waals surface area contributed by atoms with Crippen molar-refractivity contribution in [2.45, 2.75) is 19.1 Å². The molecule has 2 N–H and O–H groups in total. The molecule has 5 aromatic rings. The van der Waals surface area contributed by atoms with Gasteiger partial charge in [0.05, 0.1) is 23.4 Å². The molecule has 152 valence electrons. The van der Waals surface area contributed by atoms with Crippen LogP contribution in [0.2, 0.25) is 0 Å². The third-order valence-electron chi connectivity index (χ3n) is 5.76. The lowest BCUT2D eigenvalue weighted by atomic mass is 10.0. The van der Waals surface area contributed by atoms with Crippen molar-refractivity contribution in [1.29, 1.82) is 0 Å². The van der Waals surface area contributed by atoms with Crippen molar-refractivity contribution in [3.8, 4) is 11.3 Å². The van der Waals surface area contributed by atoms with Crippen LogP contribution in [-0.2, 0) is 0 Å². The summed E-state index contributed by atoms with van der Waals surface area (Å²) in [6.07, 6.45) is -0.614. The van der Waals surface area contributed by atoms with Gasteiger partial charge in [0.1, 0.15) is 0 Å². The van der Waals surface area contributed by atoms with E-state index in [2.05, 4.69) is 59.9 Å². The molecule has 0 saturated carbocycles. The number of anilines is 1. The number of nitrogens with one attached hydrogen (secondary N) is 1. The number of aliphatic hydroxyl groups excluding tert-OH is 1. The molecule has 0 aliphatic heterocycles. The van der Waals surface area contributed by atoms with Gasteiger partial charge in [-0.2, -0.15) is 0 Å². The Hall–Kier alpha value is -3.69. The van der Waals surface area contributed by atoms with Gasteiger partial charge in [0, 0.05) is 16.6 Å². The molecular formula is C28H24N2O. The van der Waals surface area contributed by atoms with Crippen LogP contribution in [0.4, 0.5) is 5.69 Å². The first-order valence-electron chi connectivity index (χ1n) is 10.6. The van der Waals surface area contributed by atoms with Gasteiger partial charge in [-0.15, -0.1) is 0 Å². The highest BCUT2D eigenvalue weighted by molar-refractivity contribution is 5.95. The minimum absolute atomic E-state index is 0.169. The summed E-state index contributed by atoms with van der Waals surface area (Å²) in [4.78, 5) is 4.92. The summed E-state index contributed by atoms with van der Waals surface area (Å²) in [5.41, 5.74) is 4.78. The molecule has 0 fully saturated rings. The normalized spacial score (nSPS) is 13.2. The van der Waals surface area contributed by atoms with E-state index in [1.807, 2.05) is 55.5 Å². The van der Waals surface area contributed by atoms with Crippen LogP contribution >= 0.6 is 0 Å². The Morgan fingerprint density at radius 3 is 2.29 bits per heavy atom. The molecule has 31 heavy (non-hydrogen) atoms. The largest absolute Gasteiger partial charge is 0.386 e. The fraction of sp³-hybridized carbons (Fsp3) is 0.107. The molecule has 2 atom stereocenters. The second-order valence-corrected chi connectivity index (χ2v) is 7.92. The quantitative estimate of drug-likeness (QED) is 0.347. The number of fused-ring (bicyclic) bond motifs is 2. The molecule has 1 heterocycles. The second kappa shape index (κ2) is 8.21. The topological polar surface area (TPSA) is 45.2 Å². The molecule has 0 unspecified atom stereocenters. The van der Waals surface area contributed by atoms with Crippen molar-refractivity contribution in [3.63, 3.8) is 0 Å². The molecule has 1 aromatic heterocycles. The van der Waals surface area contributed by atoms with Crippen molar-refractivity contribution in [1.82, 2.24) is 4.98 Å². The summed E-state index contributed by atoms with van der Waals surface area (Å²) in [7, 11) is 0. The van der Waals surface area contributed by atoms with Crippen molar-refractivity contribution in [2.24, 2.45) is 0 Å². The zero-order chi connectivity index (χ0) is 21.2. The average Bonchev–Trinajstić information content (AvgIpc) is 2.83. The zero-order valence-electron chi connectivity index (χ0n) is 17.4. The van der Waals surface area contributed by atoms with E-state index in [1.54, 1.807) is 0 Å². The summed E-state index contributed by atoms with van der Waals surface area (Å²) >= 11 is 0. The van der Waals surface area contributed by atoms with Crippen LogP contribution in [0.3, 0.4) is 0 Å². The molecule has 0 amide bonds. The van der Waals surface area contributed by atoms with Gasteiger partial charge in [-0.1, -0.05) is 84.9 Å². The summed E-state index contributed by atoms with van der Waals surface area (Å²) in [6.45, 7) is 2.00. The van der Waals surface area contributed by atoms with Crippen molar-refractivity contribution in [3.05, 3.63) is 109 Å². The van der Waals surface area contributed by atoms with Crippen LogP contribution in [0.25, 0.3) is 32.9 Å². The molecule has 0 aliphatic rings. The van der Waals surface area contributed by atoms with E-state index in [9.17, 15) is 5.11 Å². The van der Waals surface area contributed by atoms with E-state index in [1.165, 1.54) is 10.8 Å². The Bertz CT molecular complexity index is 1350. The van der Waals surface area contributed by atoms with Gasteiger partial charge in [0.2, 0.25) is 0 Å². The third kappa shape index (κ3) is 3.88. The first kappa shape index (κ1) is 19.3. The van der Waals surface area contributed by atoms with Gasteiger partial charge < -0.3 is 10.4 Å². The number of para-hydroxylation sites is 1. The predicted octanol–water partition coefficient (Wildman–Crippen LogP) is 6.59. The number of benzene rings is 4. The summed E-state index contributed by atoms with van der Waals surface area (Å²) in [6, 6.07) is 34.6. The lowest BCUT2D eigenvalue weighted by Gasteiger charge is -2.23.